The number of aromatic nitrogens is 2. The van der Waals surface area contributed by atoms with Crippen molar-refractivity contribution in [2.24, 2.45) is 5.73 Å². The molecule has 21 nitrogen and oxygen atoms in total. The Labute approximate surface area is 235 Å². The van der Waals surface area contributed by atoms with Gasteiger partial charge in [0.15, 0.2) is 6.23 Å². The number of phosphoric acid groups is 1. The lowest BCUT2D eigenvalue weighted by Gasteiger charge is -2.44. The summed E-state index contributed by atoms with van der Waals surface area (Å²) in [5.74, 6) is -5.22. The molecule has 42 heavy (non-hydrogen) atoms. The van der Waals surface area contributed by atoms with Crippen LogP contribution < -0.4 is 17.2 Å². The summed E-state index contributed by atoms with van der Waals surface area (Å²) in [5.41, 5.74) is 10.1. The molecular weight excluding hydrogens is 599 g/mol. The predicted octanol–water partition coefficient (Wildman–Crippen LogP) is -5.92. The fraction of sp³-hybridized carbons (Fsp3) is 0.700. The van der Waals surface area contributed by atoms with Gasteiger partial charge in [0.2, 0.25) is 0 Å². The smallest absolute Gasteiger partial charge is 0.469 e. The molecule has 2 aliphatic heterocycles. The largest absolute Gasteiger partial charge is 0.476 e. The third-order valence-corrected chi connectivity index (χ3v) is 6.54. The molecule has 0 aliphatic carbocycles. The maximum absolute atomic E-state index is 11.6. The fourth-order valence-electron chi connectivity index (χ4n) is 3.97. The van der Waals surface area contributed by atoms with Crippen molar-refractivity contribution in [3.05, 3.63) is 22.7 Å². The lowest BCUT2D eigenvalue weighted by molar-refractivity contribution is -0.298. The fourth-order valence-corrected chi connectivity index (χ4v) is 4.31. The van der Waals surface area contributed by atoms with E-state index in [1.165, 1.54) is 12.3 Å². The highest BCUT2D eigenvalue weighted by Crippen LogP contribution is 2.38. The van der Waals surface area contributed by atoms with Crippen LogP contribution in [0.5, 0.6) is 0 Å². The average Bonchev–Trinajstić information content (AvgIpc) is 3.16. The van der Waals surface area contributed by atoms with Crippen LogP contribution >= 0.6 is 7.82 Å². The number of hydrogen-bond acceptors (Lipinski definition) is 17. The second-order valence-corrected chi connectivity index (χ2v) is 10.4. The molecule has 0 bridgehead atoms. The number of nitrogens with zero attached hydrogens (tertiary/aromatic N) is 2. The van der Waals surface area contributed by atoms with Crippen molar-refractivity contribution in [1.29, 1.82) is 0 Å². The number of phosphoric ester groups is 1. The lowest BCUT2D eigenvalue weighted by Crippen LogP contribution is -2.66. The van der Waals surface area contributed by atoms with Gasteiger partial charge in [-0.25, -0.2) is 14.2 Å². The Morgan fingerprint density at radius 2 is 1.88 bits per heavy atom. The number of anilines is 1. The lowest BCUT2D eigenvalue weighted by atomic mass is 9.89. The van der Waals surface area contributed by atoms with Crippen LogP contribution in [0.4, 0.5) is 5.82 Å². The molecule has 3 unspecified atom stereocenters. The van der Waals surface area contributed by atoms with E-state index in [-0.39, 0.29) is 5.82 Å². The van der Waals surface area contributed by atoms with Gasteiger partial charge in [0, 0.05) is 13.1 Å². The molecule has 1 aromatic rings. The second kappa shape index (κ2) is 14.2. The Morgan fingerprint density at radius 3 is 2.38 bits per heavy atom. The number of ether oxygens (including phenoxy) is 3. The van der Waals surface area contributed by atoms with Crippen molar-refractivity contribution >= 4 is 25.6 Å². The van der Waals surface area contributed by atoms with Crippen molar-refractivity contribution in [2.75, 3.05) is 18.9 Å². The molecule has 13 N–H and O–H groups in total. The first-order chi connectivity index (χ1) is 19.3. The number of aliphatic hydroxyl groups is 6. The van der Waals surface area contributed by atoms with Crippen molar-refractivity contribution in [2.45, 2.75) is 74.1 Å². The summed E-state index contributed by atoms with van der Waals surface area (Å²) >= 11 is 0. The van der Waals surface area contributed by atoms with Gasteiger partial charge in [-0.15, -0.1) is 0 Å². The van der Waals surface area contributed by atoms with Gasteiger partial charge in [0.05, 0.1) is 31.8 Å². The van der Waals surface area contributed by atoms with Crippen molar-refractivity contribution in [3.8, 4) is 0 Å². The highest BCUT2D eigenvalue weighted by atomic mass is 31.2. The monoisotopic (exact) mass is 632 g/mol. The van der Waals surface area contributed by atoms with E-state index >= 15 is 0 Å². The molecule has 2 saturated heterocycles. The predicted molar refractivity (Wildman–Crippen MR) is 132 cm³/mol. The summed E-state index contributed by atoms with van der Waals surface area (Å²) in [6, 6.07) is 0.0489. The molecule has 0 spiro atoms. The van der Waals surface area contributed by atoms with Crippen molar-refractivity contribution < 1.29 is 78.4 Å². The van der Waals surface area contributed by atoms with Crippen LogP contribution in [0.2, 0.25) is 0 Å². The number of rotatable bonds is 9. The maximum Gasteiger partial charge on any atom is 0.469 e. The van der Waals surface area contributed by atoms with Gasteiger partial charge in [-0.05, 0) is 6.07 Å². The highest BCUT2D eigenvalue weighted by molar-refractivity contribution is 7.46. The van der Waals surface area contributed by atoms with E-state index in [0.29, 0.717) is 0 Å². The molecule has 0 aromatic carbocycles. The zero-order chi connectivity index (χ0) is 32.2. The molecule has 1 aromatic heterocycles. The number of hydrogen-bond donors (Lipinski definition) is 11. The molecule has 10 atom stereocenters. The number of esters is 1. The van der Waals surface area contributed by atoms with Gasteiger partial charge < -0.3 is 71.2 Å². The summed E-state index contributed by atoms with van der Waals surface area (Å²) in [6.45, 7) is -0.545. The SMILES string of the molecule is CC(=O)OC1(C(=O)O)C[C@H](O)[C@@H](N)[C@H](C(O)C(O)CO)O1.Nc1ccn([C@@H]2O[C@H](COP(=O)(O)O)[C@@H](O)[C@H]2O)c(=O)n1. The van der Waals surface area contributed by atoms with Gasteiger partial charge in [0.1, 0.15) is 42.4 Å². The number of carbonyl (C=O) groups excluding carboxylic acids is 1. The van der Waals surface area contributed by atoms with Crippen molar-refractivity contribution in [1.82, 2.24) is 9.55 Å². The number of aliphatic carboxylic acids is 1. The molecule has 3 heterocycles. The summed E-state index contributed by atoms with van der Waals surface area (Å²) in [6.07, 6.45) is -11.4. The summed E-state index contributed by atoms with van der Waals surface area (Å²) in [4.78, 5) is 54.7. The van der Waals surface area contributed by atoms with Crippen LogP contribution in [0.25, 0.3) is 0 Å². The standard InChI is InChI=1S/C11H19NO9.C9H14N3O8P/c1-4(14)20-11(10(18)19)2-5(15)7(12)9(21-11)8(17)6(16)3-13;10-5-1-2-12(9(15)11-5)8-7(14)6(13)4(20-8)3-19-21(16,17)18/h5-9,13,15-17H,2-3,12H2,1H3,(H,18,19);1-2,4,6-8,13-14H,3H2,(H2,10,11,15)(H2,16,17,18)/t5-,6?,7+,8?,9+,11?;4-,6-,7-,8-/m01/s1. The van der Waals surface area contributed by atoms with E-state index in [0.717, 1.165) is 11.5 Å². The van der Waals surface area contributed by atoms with Crippen LogP contribution in [0, 0.1) is 0 Å². The zero-order valence-corrected chi connectivity index (χ0v) is 22.7. The molecule has 22 heteroatoms. The molecule has 0 saturated carbocycles. The summed E-state index contributed by atoms with van der Waals surface area (Å²) < 4.78 is 30.6. The van der Waals surface area contributed by atoms with Crippen LogP contribution in [-0.2, 0) is 32.9 Å². The number of aliphatic hydroxyl groups excluding tert-OH is 6. The Balaban J connectivity index is 0.000000293. The molecule has 2 aliphatic rings. The molecule has 3 rings (SSSR count). The molecule has 240 valence electrons. The quantitative estimate of drug-likeness (QED) is 0.0891. The Morgan fingerprint density at radius 1 is 1.26 bits per heavy atom. The van der Waals surface area contributed by atoms with Gasteiger partial charge in [-0.1, -0.05) is 0 Å². The number of carbonyl (C=O) groups is 2. The summed E-state index contributed by atoms with van der Waals surface area (Å²) in [5, 5.41) is 66.7. The normalized spacial score (nSPS) is 32.8. The van der Waals surface area contributed by atoms with Gasteiger partial charge in [0.25, 0.3) is 0 Å². The van der Waals surface area contributed by atoms with E-state index in [9.17, 15) is 49.6 Å². The van der Waals surface area contributed by atoms with E-state index < -0.39 is 106 Å². The van der Waals surface area contributed by atoms with Gasteiger partial charge in [-0.2, -0.15) is 4.98 Å². The number of nitrogens with two attached hydrogens (primary N) is 2. The highest BCUT2D eigenvalue weighted by Gasteiger charge is 2.56. The van der Waals surface area contributed by atoms with Crippen LogP contribution in [0.15, 0.2) is 17.1 Å². The third kappa shape index (κ3) is 8.70. The first-order valence-corrected chi connectivity index (χ1v) is 13.4. The Kier molecular flexibility index (Phi) is 12.0. The number of nitrogen functional groups attached to an aromatic ring is 1. The van der Waals surface area contributed by atoms with Crippen molar-refractivity contribution in [3.63, 3.8) is 0 Å². The molecule has 0 radical (unpaired) electrons. The van der Waals surface area contributed by atoms with E-state index in [1.807, 2.05) is 0 Å². The summed E-state index contributed by atoms with van der Waals surface area (Å²) in [7, 11) is -4.74. The average molecular weight is 632 g/mol. The first-order valence-electron chi connectivity index (χ1n) is 11.9. The van der Waals surface area contributed by atoms with Crippen LogP contribution in [-0.4, -0.2) is 135 Å². The van der Waals surface area contributed by atoms with Gasteiger partial charge in [-0.3, -0.25) is 13.9 Å². The van der Waals surface area contributed by atoms with Crippen LogP contribution in [0.3, 0.4) is 0 Å². The maximum atomic E-state index is 11.6. The Hall–Kier alpha value is -2.63. The minimum atomic E-state index is -4.74. The van der Waals surface area contributed by atoms with Gasteiger partial charge >= 0.3 is 31.2 Å². The topological polar surface area (TPSA) is 357 Å². The second-order valence-electron chi connectivity index (χ2n) is 9.20. The minimum absolute atomic E-state index is 0.0225. The molecule has 2 fully saturated rings. The van der Waals surface area contributed by atoms with Crippen LogP contribution in [0.1, 0.15) is 19.6 Å². The van der Waals surface area contributed by atoms with E-state index in [4.69, 9.17) is 35.8 Å². The minimum Gasteiger partial charge on any atom is -0.476 e. The number of carboxylic acids is 1. The van der Waals surface area contributed by atoms with E-state index in [2.05, 4.69) is 14.2 Å². The Bertz CT molecular complexity index is 1200. The first kappa shape index (κ1) is 35.6. The zero-order valence-electron chi connectivity index (χ0n) is 21.8. The van der Waals surface area contributed by atoms with E-state index in [1.54, 1.807) is 0 Å². The third-order valence-electron chi connectivity index (χ3n) is 6.05. The number of carboxylic acid groups (broad SMARTS) is 1. The molecule has 0 amide bonds. The molecular formula is C20H33N4O17P.